The molecular formula is C68H134N2O7. The van der Waals surface area contributed by atoms with Gasteiger partial charge in [0, 0.05) is 13.1 Å². The number of esters is 2. The Labute approximate surface area is 479 Å². The summed E-state index contributed by atoms with van der Waals surface area (Å²) in [5.41, 5.74) is 0. The first-order valence-electron chi connectivity index (χ1n) is 34.3. The van der Waals surface area contributed by atoms with Gasteiger partial charge in [-0.25, -0.2) is 4.79 Å². The zero-order chi connectivity index (χ0) is 56.2. The maximum absolute atomic E-state index is 13.6. The number of carbonyl (C=O) groups excluding carboxylic acids is 3. The van der Waals surface area contributed by atoms with Gasteiger partial charge in [-0.1, -0.05) is 285 Å². The smallest absolute Gasteiger partial charge is 0.407 e. The Morgan fingerprint density at radius 1 is 0.338 bits per heavy atom. The van der Waals surface area contributed by atoms with E-state index >= 15 is 0 Å². The molecule has 0 radical (unpaired) electrons. The highest BCUT2D eigenvalue weighted by Crippen LogP contribution is 2.24. The molecule has 0 heterocycles. The summed E-state index contributed by atoms with van der Waals surface area (Å²) in [6, 6.07) is 0. The third-order valence-corrected chi connectivity index (χ3v) is 16.1. The van der Waals surface area contributed by atoms with Crippen molar-refractivity contribution in [3.8, 4) is 0 Å². The molecule has 0 aromatic carbocycles. The zero-order valence-electron chi connectivity index (χ0n) is 52.6. The fourth-order valence-corrected chi connectivity index (χ4v) is 10.8. The number of carbonyl (C=O) groups is 3. The Bertz CT molecular complexity index is 1100. The van der Waals surface area contributed by atoms with Crippen LogP contribution < -0.4 is 5.32 Å². The van der Waals surface area contributed by atoms with Crippen LogP contribution >= 0.6 is 0 Å². The number of amides is 1. The Morgan fingerprint density at radius 3 is 0.896 bits per heavy atom. The summed E-state index contributed by atoms with van der Waals surface area (Å²) < 4.78 is 23.7. The molecule has 0 unspecified atom stereocenters. The molecule has 0 aromatic heterocycles. The topological polar surface area (TPSA) is 103 Å². The summed E-state index contributed by atoms with van der Waals surface area (Å²) >= 11 is 0. The van der Waals surface area contributed by atoms with Crippen molar-refractivity contribution in [2.45, 2.75) is 355 Å². The SMILES string of the molecule is CCCCCCCCCCCCC(CCCCCCCCCCCC)C(=O)OCCCCC(CCCCOC(=O)C(CCCCCCCCCCCC)CCCCCCCCCCCC)OC(=O)NCCOCCN(C)C. The number of hydrogen-bond donors (Lipinski definition) is 1. The van der Waals surface area contributed by atoms with Gasteiger partial charge in [0.05, 0.1) is 38.3 Å². The molecule has 9 heteroatoms. The molecule has 0 aliphatic heterocycles. The van der Waals surface area contributed by atoms with E-state index in [2.05, 4.69) is 37.9 Å². The van der Waals surface area contributed by atoms with Crippen molar-refractivity contribution < 1.29 is 33.3 Å². The van der Waals surface area contributed by atoms with Gasteiger partial charge in [-0.05, 0) is 78.3 Å². The highest BCUT2D eigenvalue weighted by Gasteiger charge is 2.22. The van der Waals surface area contributed by atoms with E-state index in [1.54, 1.807) is 0 Å². The van der Waals surface area contributed by atoms with Crippen LogP contribution in [0.2, 0.25) is 0 Å². The fourth-order valence-electron chi connectivity index (χ4n) is 10.8. The minimum atomic E-state index is -0.423. The van der Waals surface area contributed by atoms with Crippen LogP contribution in [0.3, 0.4) is 0 Å². The lowest BCUT2D eigenvalue weighted by molar-refractivity contribution is -0.150. The average molecular weight is 1090 g/mol. The van der Waals surface area contributed by atoms with E-state index in [1.165, 1.54) is 231 Å². The number of nitrogens with one attached hydrogen (secondary N) is 1. The van der Waals surface area contributed by atoms with Gasteiger partial charge in [-0.15, -0.1) is 0 Å². The number of alkyl carbamates (subject to hydrolysis) is 1. The van der Waals surface area contributed by atoms with Gasteiger partial charge in [0.15, 0.2) is 0 Å². The maximum Gasteiger partial charge on any atom is 0.407 e. The monoisotopic (exact) mass is 1090 g/mol. The number of unbranched alkanes of at least 4 members (excludes halogenated alkanes) is 38. The molecule has 0 fully saturated rings. The van der Waals surface area contributed by atoms with Crippen LogP contribution in [0.1, 0.15) is 349 Å². The number of ether oxygens (including phenoxy) is 4. The number of nitrogens with zero attached hydrogens (tertiary/aromatic N) is 1. The zero-order valence-corrected chi connectivity index (χ0v) is 52.6. The Hall–Kier alpha value is -1.87. The lowest BCUT2D eigenvalue weighted by atomic mass is 9.94. The lowest BCUT2D eigenvalue weighted by Crippen LogP contribution is -2.32. The Balaban J connectivity index is 5.23. The molecule has 0 saturated carbocycles. The summed E-state index contributed by atoms with van der Waals surface area (Å²) in [5.74, 6) is -0.0386. The van der Waals surface area contributed by atoms with Crippen molar-refractivity contribution in [2.24, 2.45) is 11.8 Å². The molecule has 0 aliphatic carbocycles. The molecule has 1 amide bonds. The van der Waals surface area contributed by atoms with Crippen molar-refractivity contribution in [3.05, 3.63) is 0 Å². The van der Waals surface area contributed by atoms with E-state index in [0.717, 1.165) is 83.6 Å². The number of rotatable bonds is 63. The van der Waals surface area contributed by atoms with Crippen molar-refractivity contribution >= 4 is 18.0 Å². The quantitative estimate of drug-likeness (QED) is 0.0365. The first-order valence-corrected chi connectivity index (χ1v) is 34.3. The summed E-state index contributed by atoms with van der Waals surface area (Å²) in [6.07, 6.45) is 59.5. The van der Waals surface area contributed by atoms with Crippen LogP contribution in [-0.2, 0) is 28.5 Å². The van der Waals surface area contributed by atoms with Crippen LogP contribution in [0.25, 0.3) is 0 Å². The Morgan fingerprint density at radius 2 is 0.610 bits per heavy atom. The number of hydrogen-bond acceptors (Lipinski definition) is 8. The van der Waals surface area contributed by atoms with Crippen LogP contribution in [0.15, 0.2) is 0 Å². The molecule has 0 aliphatic rings. The highest BCUT2D eigenvalue weighted by atomic mass is 16.6. The molecule has 1 N–H and O–H groups in total. The van der Waals surface area contributed by atoms with Crippen molar-refractivity contribution in [1.82, 2.24) is 10.2 Å². The third-order valence-electron chi connectivity index (χ3n) is 16.1. The molecule has 9 nitrogen and oxygen atoms in total. The molecule has 77 heavy (non-hydrogen) atoms. The second-order valence-corrected chi connectivity index (χ2v) is 24.0. The normalized spacial score (nSPS) is 11.7. The van der Waals surface area contributed by atoms with Gasteiger partial charge < -0.3 is 29.2 Å². The lowest BCUT2D eigenvalue weighted by Gasteiger charge is -2.19. The molecule has 0 rings (SSSR count). The van der Waals surface area contributed by atoms with Crippen LogP contribution in [0, 0.1) is 11.8 Å². The van der Waals surface area contributed by atoms with E-state index in [-0.39, 0.29) is 29.9 Å². The summed E-state index contributed by atoms with van der Waals surface area (Å²) in [5, 5.41) is 2.88. The highest BCUT2D eigenvalue weighted by molar-refractivity contribution is 5.72. The molecule has 0 bridgehead atoms. The minimum Gasteiger partial charge on any atom is -0.465 e. The molecule has 458 valence electrons. The predicted molar refractivity (Wildman–Crippen MR) is 330 cm³/mol. The van der Waals surface area contributed by atoms with Gasteiger partial charge in [-0.2, -0.15) is 0 Å². The summed E-state index contributed by atoms with van der Waals surface area (Å²) in [7, 11) is 4.03. The second-order valence-electron chi connectivity index (χ2n) is 24.0. The molecular weight excluding hydrogens is 957 g/mol. The van der Waals surface area contributed by atoms with Gasteiger partial charge in [0.1, 0.15) is 6.10 Å². The minimum absolute atomic E-state index is 0.00598. The molecule has 0 saturated heterocycles. The van der Waals surface area contributed by atoms with E-state index in [4.69, 9.17) is 18.9 Å². The third kappa shape index (κ3) is 55.8. The van der Waals surface area contributed by atoms with Crippen molar-refractivity contribution in [2.75, 3.05) is 53.6 Å². The van der Waals surface area contributed by atoms with Gasteiger partial charge in [0.25, 0.3) is 0 Å². The standard InChI is InChI=1S/C68H134N2O7/c1-7-11-15-19-23-27-31-35-39-43-51-63(52-44-40-36-32-28-24-20-16-12-8-2)66(71)75-59-49-47-55-65(77-68(73)69-57-61-74-62-58-70(5)6)56-48-50-60-76-67(72)64(53-45-41-37-33-29-25-21-17-13-9-3)54-46-42-38-34-30-26-22-18-14-10-4/h63-65H,7-62H2,1-6H3,(H,69,73). The van der Waals surface area contributed by atoms with Crippen molar-refractivity contribution in [3.63, 3.8) is 0 Å². The van der Waals surface area contributed by atoms with Crippen LogP contribution in [-0.4, -0.2) is 82.6 Å². The van der Waals surface area contributed by atoms with E-state index in [9.17, 15) is 14.4 Å². The summed E-state index contributed by atoms with van der Waals surface area (Å²) in [6.45, 7) is 12.2. The van der Waals surface area contributed by atoms with Gasteiger partial charge in [-0.3, -0.25) is 9.59 Å². The average Bonchev–Trinajstić information content (AvgIpc) is 3.42. The Kier molecular flexibility index (Phi) is 60.2. The largest absolute Gasteiger partial charge is 0.465 e. The van der Waals surface area contributed by atoms with Crippen molar-refractivity contribution in [1.29, 1.82) is 0 Å². The number of likely N-dealkylation sites (N-methyl/N-ethyl adjacent to an activating group) is 1. The summed E-state index contributed by atoms with van der Waals surface area (Å²) in [4.78, 5) is 42.2. The first kappa shape index (κ1) is 75.1. The molecule has 0 atom stereocenters. The van der Waals surface area contributed by atoms with E-state index < -0.39 is 6.09 Å². The van der Waals surface area contributed by atoms with Gasteiger partial charge >= 0.3 is 18.0 Å². The van der Waals surface area contributed by atoms with Gasteiger partial charge in [0.2, 0.25) is 0 Å². The molecule has 0 aromatic rings. The predicted octanol–water partition coefficient (Wildman–Crippen LogP) is 20.6. The van der Waals surface area contributed by atoms with Crippen LogP contribution in [0.4, 0.5) is 4.79 Å². The first-order chi connectivity index (χ1) is 37.8. The fraction of sp³-hybridized carbons (Fsp3) is 0.956. The van der Waals surface area contributed by atoms with Crippen LogP contribution in [0.5, 0.6) is 0 Å². The second kappa shape index (κ2) is 61.7. The maximum atomic E-state index is 13.6. The van der Waals surface area contributed by atoms with E-state index in [1.807, 2.05) is 14.1 Å². The molecule has 0 spiro atoms. The van der Waals surface area contributed by atoms with E-state index in [0.29, 0.717) is 45.8 Å².